The summed E-state index contributed by atoms with van der Waals surface area (Å²) in [7, 11) is 1.15. The number of hydrogen-bond acceptors (Lipinski definition) is 8. The number of likely N-dealkylation sites (N-methyl/N-ethyl adjacent to an activating group) is 1. The molecule has 10 heteroatoms. The highest BCUT2D eigenvalue weighted by atomic mass is 31.2. The Morgan fingerprint density at radius 2 is 1.11 bits per heavy atom. The Bertz CT molecular complexity index is 855. The van der Waals surface area contributed by atoms with Gasteiger partial charge in [-0.1, -0.05) is 102 Å². The third-order valence-corrected chi connectivity index (χ3v) is 8.41. The fourth-order valence-electron chi connectivity index (χ4n) is 4.50. The highest BCUT2D eigenvalue weighted by molar-refractivity contribution is 7.45. The largest absolute Gasteiger partial charge is 0.756 e. The van der Waals surface area contributed by atoms with E-state index in [2.05, 4.69) is 38.2 Å². The van der Waals surface area contributed by atoms with Crippen LogP contribution in [0.1, 0.15) is 142 Å². The molecular formula is C36H68NO8P. The summed E-state index contributed by atoms with van der Waals surface area (Å²) in [5, 5.41) is 0. The summed E-state index contributed by atoms with van der Waals surface area (Å²) < 4.78 is 33.6. The van der Waals surface area contributed by atoms with E-state index in [1.807, 2.05) is 21.1 Å². The molecule has 0 rings (SSSR count). The van der Waals surface area contributed by atoms with Gasteiger partial charge in [0.15, 0.2) is 6.10 Å². The van der Waals surface area contributed by atoms with Crippen molar-refractivity contribution in [2.24, 2.45) is 0 Å². The maximum absolute atomic E-state index is 12.5. The molecule has 0 fully saturated rings. The number of nitrogens with zero attached hydrogens (tertiary/aromatic N) is 1. The van der Waals surface area contributed by atoms with Crippen LogP contribution < -0.4 is 4.89 Å². The van der Waals surface area contributed by atoms with Crippen LogP contribution in [0.3, 0.4) is 0 Å². The lowest BCUT2D eigenvalue weighted by Crippen LogP contribution is -2.37. The average Bonchev–Trinajstić information content (AvgIpc) is 2.99. The monoisotopic (exact) mass is 673 g/mol. The average molecular weight is 674 g/mol. The van der Waals surface area contributed by atoms with Crippen molar-refractivity contribution in [2.45, 2.75) is 148 Å². The molecule has 0 aromatic carbocycles. The molecule has 0 aliphatic heterocycles. The zero-order chi connectivity index (χ0) is 34.4. The standard InChI is InChI=1S/C36H68NO8P/c1-6-8-10-12-14-16-18-20-22-24-26-28-35(38)42-32-34(33-44-46(40,41)43-31-30-37(3,4)5)45-36(39)29-27-25-23-21-19-17-15-13-11-9-7-2/h12-15,34H,6-11,16-33H2,1-5H3/t34-/m1/s1. The van der Waals surface area contributed by atoms with Gasteiger partial charge in [-0.25, -0.2) is 0 Å². The van der Waals surface area contributed by atoms with Gasteiger partial charge in [0.25, 0.3) is 7.82 Å². The van der Waals surface area contributed by atoms with Crippen molar-refractivity contribution in [1.82, 2.24) is 0 Å². The van der Waals surface area contributed by atoms with E-state index in [4.69, 9.17) is 18.5 Å². The first-order chi connectivity index (χ1) is 22.0. The van der Waals surface area contributed by atoms with Crippen LogP contribution >= 0.6 is 7.82 Å². The van der Waals surface area contributed by atoms with E-state index in [0.29, 0.717) is 17.4 Å². The smallest absolute Gasteiger partial charge is 0.306 e. The van der Waals surface area contributed by atoms with Gasteiger partial charge in [0.1, 0.15) is 19.8 Å². The van der Waals surface area contributed by atoms with Crippen molar-refractivity contribution in [1.29, 1.82) is 0 Å². The fourth-order valence-corrected chi connectivity index (χ4v) is 5.22. The van der Waals surface area contributed by atoms with Gasteiger partial charge in [-0.15, -0.1) is 0 Å². The molecule has 0 aromatic heterocycles. The first-order valence-corrected chi connectivity index (χ1v) is 19.5. The highest BCUT2D eigenvalue weighted by Crippen LogP contribution is 2.38. The van der Waals surface area contributed by atoms with Gasteiger partial charge in [0, 0.05) is 12.8 Å². The van der Waals surface area contributed by atoms with Crippen LogP contribution in [0.25, 0.3) is 0 Å². The number of hydrogen-bond donors (Lipinski definition) is 0. The predicted octanol–water partition coefficient (Wildman–Crippen LogP) is 8.60. The summed E-state index contributed by atoms with van der Waals surface area (Å²) in [6, 6.07) is 0. The molecule has 0 radical (unpaired) electrons. The predicted molar refractivity (Wildman–Crippen MR) is 185 cm³/mol. The number of carbonyl (C=O) groups excluding carboxylic acids is 2. The van der Waals surface area contributed by atoms with Crippen molar-refractivity contribution in [3.8, 4) is 0 Å². The first-order valence-electron chi connectivity index (χ1n) is 18.0. The molecule has 0 saturated heterocycles. The van der Waals surface area contributed by atoms with E-state index in [-0.39, 0.29) is 26.1 Å². The topological polar surface area (TPSA) is 111 Å². The van der Waals surface area contributed by atoms with E-state index >= 15 is 0 Å². The van der Waals surface area contributed by atoms with Crippen LogP contribution in [0.5, 0.6) is 0 Å². The van der Waals surface area contributed by atoms with Crippen molar-refractivity contribution in [3.05, 3.63) is 24.3 Å². The Morgan fingerprint density at radius 3 is 1.61 bits per heavy atom. The van der Waals surface area contributed by atoms with Crippen molar-refractivity contribution < 1.29 is 42.1 Å². The molecule has 0 aromatic rings. The number of rotatable bonds is 32. The van der Waals surface area contributed by atoms with Crippen LogP contribution in [-0.2, 0) is 32.7 Å². The Labute approximate surface area is 281 Å². The summed E-state index contributed by atoms with van der Waals surface area (Å²) >= 11 is 0. The molecule has 0 aliphatic carbocycles. The van der Waals surface area contributed by atoms with Crippen molar-refractivity contribution >= 4 is 19.8 Å². The third-order valence-electron chi connectivity index (χ3n) is 7.44. The number of carbonyl (C=O) groups is 2. The van der Waals surface area contributed by atoms with Crippen molar-refractivity contribution in [3.63, 3.8) is 0 Å². The van der Waals surface area contributed by atoms with Gasteiger partial charge >= 0.3 is 11.9 Å². The SMILES string of the molecule is CCCCC=CCCCCCCCC(=O)OC[C@H](COP(=O)([O-])OCC[N+](C)(C)C)OC(=O)CCCCCCCC=CCCCC. The number of quaternary nitrogens is 1. The van der Waals surface area contributed by atoms with Crippen LogP contribution in [-0.4, -0.2) is 70.0 Å². The maximum Gasteiger partial charge on any atom is 0.306 e. The van der Waals surface area contributed by atoms with E-state index in [0.717, 1.165) is 83.5 Å². The third kappa shape index (κ3) is 32.4. The number of esters is 2. The second kappa shape index (κ2) is 29.6. The Balaban J connectivity index is 4.50. The molecule has 0 bridgehead atoms. The summed E-state index contributed by atoms with van der Waals surface area (Å²) in [5.41, 5.74) is 0. The molecule has 0 spiro atoms. The molecule has 0 N–H and O–H groups in total. The fraction of sp³-hybridized carbons (Fsp3) is 0.833. The van der Waals surface area contributed by atoms with Gasteiger partial charge in [0.2, 0.25) is 0 Å². The summed E-state index contributed by atoms with van der Waals surface area (Å²) in [5.74, 6) is -0.861. The molecular weight excluding hydrogens is 605 g/mol. The number of unbranched alkanes of at least 4 members (excludes halogenated alkanes) is 14. The Hall–Kier alpha value is -1.51. The van der Waals surface area contributed by atoms with E-state index in [1.54, 1.807) is 0 Å². The van der Waals surface area contributed by atoms with Crippen molar-refractivity contribution in [2.75, 3.05) is 47.5 Å². The number of phosphoric ester groups is 1. The minimum atomic E-state index is -4.61. The molecule has 2 atom stereocenters. The minimum Gasteiger partial charge on any atom is -0.756 e. The molecule has 0 heterocycles. The quantitative estimate of drug-likeness (QED) is 0.0230. The molecule has 1 unspecified atom stereocenters. The van der Waals surface area contributed by atoms with Crippen LogP contribution in [0.15, 0.2) is 24.3 Å². The minimum absolute atomic E-state index is 0.0332. The van der Waals surface area contributed by atoms with Gasteiger partial charge in [-0.2, -0.15) is 0 Å². The Morgan fingerprint density at radius 1 is 0.652 bits per heavy atom. The molecule has 270 valence electrons. The van der Waals surface area contributed by atoms with Gasteiger partial charge in [-0.3, -0.25) is 14.2 Å². The van der Waals surface area contributed by atoms with Crippen LogP contribution in [0.2, 0.25) is 0 Å². The van der Waals surface area contributed by atoms with Crippen LogP contribution in [0.4, 0.5) is 0 Å². The first kappa shape index (κ1) is 44.5. The zero-order valence-electron chi connectivity index (χ0n) is 30.0. The highest BCUT2D eigenvalue weighted by Gasteiger charge is 2.21. The van der Waals surface area contributed by atoms with Gasteiger partial charge in [-0.05, 0) is 51.4 Å². The van der Waals surface area contributed by atoms with Crippen LogP contribution in [0, 0.1) is 0 Å². The molecule has 0 saturated carbocycles. The number of ether oxygens (including phenoxy) is 2. The van der Waals surface area contributed by atoms with Gasteiger partial charge < -0.3 is 27.9 Å². The molecule has 46 heavy (non-hydrogen) atoms. The van der Waals surface area contributed by atoms with E-state index in [9.17, 15) is 19.0 Å². The lowest BCUT2D eigenvalue weighted by atomic mass is 10.1. The molecule has 0 amide bonds. The summed E-state index contributed by atoms with van der Waals surface area (Å²) in [6.07, 6.45) is 27.8. The maximum atomic E-state index is 12.5. The molecule has 0 aliphatic rings. The summed E-state index contributed by atoms with van der Waals surface area (Å²) in [6.45, 7) is 4.10. The van der Waals surface area contributed by atoms with E-state index < -0.39 is 32.5 Å². The lowest BCUT2D eigenvalue weighted by Gasteiger charge is -2.28. The normalized spacial score (nSPS) is 14.1. The summed E-state index contributed by atoms with van der Waals surface area (Å²) in [4.78, 5) is 37.2. The zero-order valence-corrected chi connectivity index (χ0v) is 30.9. The second-order valence-electron chi connectivity index (χ2n) is 13.2. The number of allylic oxidation sites excluding steroid dienone is 4. The van der Waals surface area contributed by atoms with E-state index in [1.165, 1.54) is 25.7 Å². The lowest BCUT2D eigenvalue weighted by molar-refractivity contribution is -0.870. The Kier molecular flexibility index (Phi) is 28.6. The van der Waals surface area contributed by atoms with Gasteiger partial charge in [0.05, 0.1) is 27.7 Å². The number of phosphoric acid groups is 1. The second-order valence-corrected chi connectivity index (χ2v) is 14.6. The molecule has 9 nitrogen and oxygen atoms in total.